The van der Waals surface area contributed by atoms with Crippen LogP contribution in [0.4, 0.5) is 11.4 Å². The monoisotopic (exact) mass is 297 g/mol. The lowest BCUT2D eigenvalue weighted by molar-refractivity contribution is 0.0305. The molecular formula is C13H19N3O3S. The van der Waals surface area contributed by atoms with Gasteiger partial charge in [-0.15, -0.1) is 0 Å². The minimum atomic E-state index is -3.50. The van der Waals surface area contributed by atoms with Gasteiger partial charge in [-0.1, -0.05) is 0 Å². The first-order valence-corrected chi connectivity index (χ1v) is 8.21. The molecule has 2 heterocycles. The van der Waals surface area contributed by atoms with Crippen LogP contribution in [-0.2, 0) is 14.8 Å². The van der Waals surface area contributed by atoms with Crippen molar-refractivity contribution in [2.24, 2.45) is 0 Å². The number of fused-ring (bicyclic) bond motifs is 2. The van der Waals surface area contributed by atoms with Crippen LogP contribution in [0, 0.1) is 0 Å². The first kappa shape index (κ1) is 13.7. The maximum absolute atomic E-state index is 11.8. The average molecular weight is 297 g/mol. The topological polar surface area (TPSA) is 84.7 Å². The molecule has 0 aromatic heterocycles. The van der Waals surface area contributed by atoms with Crippen LogP contribution < -0.4 is 15.4 Å². The third kappa shape index (κ3) is 2.36. The first-order chi connectivity index (χ1) is 9.49. The number of ether oxygens (including phenoxy) is 1. The number of hydrogen-bond donors (Lipinski definition) is 2. The van der Waals surface area contributed by atoms with Crippen LogP contribution in [-0.4, -0.2) is 40.8 Å². The number of sulfonamides is 1. The highest BCUT2D eigenvalue weighted by molar-refractivity contribution is 7.89. The molecule has 0 radical (unpaired) electrons. The molecule has 6 nitrogen and oxygen atoms in total. The Morgan fingerprint density at radius 3 is 2.50 bits per heavy atom. The molecule has 2 bridgehead atoms. The lowest BCUT2D eigenvalue weighted by atomic mass is 10.2. The number of hydrogen-bond acceptors (Lipinski definition) is 5. The summed E-state index contributed by atoms with van der Waals surface area (Å²) in [5, 5.41) is 0. The molecule has 20 heavy (non-hydrogen) atoms. The van der Waals surface area contributed by atoms with Crippen LogP contribution in [0.2, 0.25) is 0 Å². The molecule has 0 aliphatic carbocycles. The van der Waals surface area contributed by atoms with Gasteiger partial charge in [-0.3, -0.25) is 0 Å². The molecule has 2 aliphatic heterocycles. The van der Waals surface area contributed by atoms with Crippen molar-refractivity contribution in [3.05, 3.63) is 18.2 Å². The van der Waals surface area contributed by atoms with E-state index in [9.17, 15) is 8.42 Å². The molecule has 2 unspecified atom stereocenters. The van der Waals surface area contributed by atoms with E-state index in [-0.39, 0.29) is 22.8 Å². The molecule has 0 saturated carbocycles. The van der Waals surface area contributed by atoms with Crippen molar-refractivity contribution in [3.8, 4) is 0 Å². The molecule has 2 saturated heterocycles. The van der Waals surface area contributed by atoms with Gasteiger partial charge in [0.2, 0.25) is 10.0 Å². The van der Waals surface area contributed by atoms with E-state index in [0.717, 1.165) is 31.6 Å². The molecular weight excluding hydrogens is 278 g/mol. The van der Waals surface area contributed by atoms with Gasteiger partial charge < -0.3 is 15.4 Å². The SMILES string of the molecule is CNS(=O)(=O)c1ccc(N2CC3CCC(C2)O3)cc1N. The van der Waals surface area contributed by atoms with Crippen LogP contribution >= 0.6 is 0 Å². The van der Waals surface area contributed by atoms with Crippen LogP contribution in [0.1, 0.15) is 12.8 Å². The van der Waals surface area contributed by atoms with Crippen molar-refractivity contribution < 1.29 is 13.2 Å². The standard InChI is InChI=1S/C13H19N3O3S/c1-15-20(17,18)13-5-2-9(6-12(13)14)16-7-10-3-4-11(8-16)19-10/h2,5-6,10-11,15H,3-4,7-8,14H2,1H3. The minimum Gasteiger partial charge on any atom is -0.398 e. The molecule has 110 valence electrons. The van der Waals surface area contributed by atoms with E-state index in [1.54, 1.807) is 12.1 Å². The number of nitrogens with one attached hydrogen (secondary N) is 1. The fourth-order valence-corrected chi connectivity index (χ4v) is 3.75. The zero-order chi connectivity index (χ0) is 14.3. The van der Waals surface area contributed by atoms with E-state index in [1.165, 1.54) is 7.05 Å². The number of morpholine rings is 1. The van der Waals surface area contributed by atoms with E-state index in [4.69, 9.17) is 10.5 Å². The van der Waals surface area contributed by atoms with Gasteiger partial charge in [0.1, 0.15) is 4.90 Å². The summed E-state index contributed by atoms with van der Waals surface area (Å²) >= 11 is 0. The number of nitrogen functional groups attached to an aromatic ring is 1. The summed E-state index contributed by atoms with van der Waals surface area (Å²) in [4.78, 5) is 2.35. The van der Waals surface area contributed by atoms with Gasteiger partial charge in [0.05, 0.1) is 17.9 Å². The molecule has 3 rings (SSSR count). The van der Waals surface area contributed by atoms with Crippen molar-refractivity contribution in [1.29, 1.82) is 0 Å². The highest BCUT2D eigenvalue weighted by Gasteiger charge is 2.34. The minimum absolute atomic E-state index is 0.125. The van der Waals surface area contributed by atoms with Crippen molar-refractivity contribution in [2.75, 3.05) is 30.8 Å². The highest BCUT2D eigenvalue weighted by atomic mass is 32.2. The molecule has 7 heteroatoms. The Hall–Kier alpha value is -1.31. The summed E-state index contributed by atoms with van der Waals surface area (Å²) in [5.74, 6) is 0. The first-order valence-electron chi connectivity index (χ1n) is 6.73. The van der Waals surface area contributed by atoms with E-state index >= 15 is 0 Å². The predicted octanol–water partition coefficient (Wildman–Crippen LogP) is 0.544. The lowest BCUT2D eigenvalue weighted by Crippen LogP contribution is -2.42. The van der Waals surface area contributed by atoms with Crippen molar-refractivity contribution in [1.82, 2.24) is 4.72 Å². The summed E-state index contributed by atoms with van der Waals surface area (Å²) < 4.78 is 31.7. The smallest absolute Gasteiger partial charge is 0.242 e. The molecule has 1 aromatic carbocycles. The number of rotatable bonds is 3. The van der Waals surface area contributed by atoms with Crippen LogP contribution in [0.15, 0.2) is 23.1 Å². The number of nitrogens with two attached hydrogens (primary N) is 1. The molecule has 2 atom stereocenters. The third-order valence-corrected chi connectivity index (χ3v) is 5.45. The molecule has 2 fully saturated rings. The normalized spacial score (nSPS) is 25.9. The Morgan fingerprint density at radius 2 is 1.95 bits per heavy atom. The highest BCUT2D eigenvalue weighted by Crippen LogP contribution is 2.31. The maximum atomic E-state index is 11.8. The van der Waals surface area contributed by atoms with Gasteiger partial charge in [-0.05, 0) is 38.1 Å². The summed E-state index contributed by atoms with van der Waals surface area (Å²) in [5.41, 5.74) is 7.13. The van der Waals surface area contributed by atoms with Crippen molar-refractivity contribution >= 4 is 21.4 Å². The van der Waals surface area contributed by atoms with E-state index in [1.807, 2.05) is 6.07 Å². The van der Waals surface area contributed by atoms with E-state index < -0.39 is 10.0 Å². The average Bonchev–Trinajstić information content (AvgIpc) is 2.77. The predicted molar refractivity (Wildman–Crippen MR) is 77.2 cm³/mol. The van der Waals surface area contributed by atoms with Gasteiger partial charge in [0, 0.05) is 18.8 Å². The molecule has 1 aromatic rings. The van der Waals surface area contributed by atoms with Crippen LogP contribution in [0.5, 0.6) is 0 Å². The van der Waals surface area contributed by atoms with Gasteiger partial charge >= 0.3 is 0 Å². The largest absolute Gasteiger partial charge is 0.398 e. The fraction of sp³-hybridized carbons (Fsp3) is 0.538. The molecule has 0 amide bonds. The summed E-state index contributed by atoms with van der Waals surface area (Å²) in [6.45, 7) is 1.68. The van der Waals surface area contributed by atoms with Gasteiger partial charge in [0.15, 0.2) is 0 Å². The number of anilines is 2. The Labute approximate surface area is 118 Å². The second-order valence-corrected chi connectivity index (χ2v) is 7.15. The zero-order valence-corrected chi connectivity index (χ0v) is 12.2. The Kier molecular flexibility index (Phi) is 3.35. The maximum Gasteiger partial charge on any atom is 0.242 e. The Bertz CT molecular complexity index is 605. The van der Waals surface area contributed by atoms with Crippen LogP contribution in [0.3, 0.4) is 0 Å². The van der Waals surface area contributed by atoms with Gasteiger partial charge in [0.25, 0.3) is 0 Å². The molecule has 2 aliphatic rings. The Balaban J connectivity index is 1.87. The quantitative estimate of drug-likeness (QED) is 0.796. The third-order valence-electron chi connectivity index (χ3n) is 3.96. The molecule has 0 spiro atoms. The van der Waals surface area contributed by atoms with Gasteiger partial charge in [-0.25, -0.2) is 13.1 Å². The molecule has 3 N–H and O–H groups in total. The zero-order valence-electron chi connectivity index (χ0n) is 11.4. The van der Waals surface area contributed by atoms with E-state index in [2.05, 4.69) is 9.62 Å². The summed E-state index contributed by atoms with van der Waals surface area (Å²) in [6.07, 6.45) is 2.78. The summed E-state index contributed by atoms with van der Waals surface area (Å²) in [7, 11) is -2.13. The van der Waals surface area contributed by atoms with Crippen LogP contribution in [0.25, 0.3) is 0 Å². The van der Waals surface area contributed by atoms with Crippen molar-refractivity contribution in [3.63, 3.8) is 0 Å². The summed E-state index contributed by atoms with van der Waals surface area (Å²) in [6, 6.07) is 5.11. The van der Waals surface area contributed by atoms with Gasteiger partial charge in [-0.2, -0.15) is 0 Å². The number of benzene rings is 1. The second-order valence-electron chi connectivity index (χ2n) is 5.29. The lowest BCUT2D eigenvalue weighted by Gasteiger charge is -2.34. The van der Waals surface area contributed by atoms with Crippen molar-refractivity contribution in [2.45, 2.75) is 29.9 Å². The second kappa shape index (κ2) is 4.91. The number of nitrogens with zero attached hydrogens (tertiary/aromatic N) is 1. The Morgan fingerprint density at radius 1 is 1.30 bits per heavy atom. The van der Waals surface area contributed by atoms with E-state index in [0.29, 0.717) is 0 Å². The fourth-order valence-electron chi connectivity index (χ4n) is 2.91.